The molecule has 1 fully saturated rings. The van der Waals surface area contributed by atoms with Gasteiger partial charge in [0.25, 0.3) is 0 Å². The van der Waals surface area contributed by atoms with Gasteiger partial charge < -0.3 is 15.3 Å². The molecule has 0 amide bonds. The molecule has 1 aliphatic heterocycles. The molecule has 2 atom stereocenters. The van der Waals surface area contributed by atoms with Gasteiger partial charge in [0.2, 0.25) is 0 Å². The van der Waals surface area contributed by atoms with Crippen molar-refractivity contribution >= 4 is 26.8 Å². The second kappa shape index (κ2) is 7.05. The lowest BCUT2D eigenvalue weighted by Crippen LogP contribution is -2.38. The maximum atomic E-state index is 14.1. The van der Waals surface area contributed by atoms with Crippen LogP contribution >= 0.6 is 11.3 Å². The first-order valence-electron chi connectivity index (χ1n) is 9.14. The molecule has 1 aliphatic rings. The molecule has 0 unspecified atom stereocenters. The predicted octanol–water partition coefficient (Wildman–Crippen LogP) is 2.60. The molecule has 0 radical (unpaired) electrons. The predicted molar refractivity (Wildman–Crippen MR) is 110 cm³/mol. The van der Waals surface area contributed by atoms with Crippen molar-refractivity contribution in [3.05, 3.63) is 36.7 Å². The number of rotatable bonds is 4. The van der Waals surface area contributed by atoms with Crippen LogP contribution in [0.5, 0.6) is 5.75 Å². The van der Waals surface area contributed by atoms with Crippen molar-refractivity contribution in [2.24, 2.45) is 0 Å². The first kappa shape index (κ1) is 18.0. The number of H-pyrrole nitrogens is 1. The quantitative estimate of drug-likeness (QED) is 0.474. The number of aromatic amines is 1. The maximum Gasteiger partial charge on any atom is 0.194 e. The summed E-state index contributed by atoms with van der Waals surface area (Å²) < 4.78 is 14.9. The van der Waals surface area contributed by atoms with Crippen LogP contribution in [0.15, 0.2) is 36.7 Å². The number of alkyl halides is 1. The summed E-state index contributed by atoms with van der Waals surface area (Å²) >= 11 is 1.43. The molecule has 3 aromatic heterocycles. The van der Waals surface area contributed by atoms with Gasteiger partial charge in [-0.1, -0.05) is 17.4 Å². The lowest BCUT2D eigenvalue weighted by atomic mass is 10.0. The summed E-state index contributed by atoms with van der Waals surface area (Å²) in [5, 5.41) is 29.4. The number of aromatic nitrogens is 5. The average Bonchev–Trinajstić information content (AvgIpc) is 3.47. The van der Waals surface area contributed by atoms with E-state index in [1.807, 2.05) is 24.1 Å². The number of hydrogen-bond donors (Lipinski definition) is 3. The highest BCUT2D eigenvalue weighted by Gasteiger charge is 2.31. The summed E-state index contributed by atoms with van der Waals surface area (Å²) in [6.45, 7) is 0.944. The summed E-state index contributed by atoms with van der Waals surface area (Å²) in [6, 6.07) is 6.98. The number of hydrogen-bond acceptors (Lipinski definition) is 8. The lowest BCUT2D eigenvalue weighted by molar-refractivity contribution is 0.326. The van der Waals surface area contributed by atoms with E-state index in [0.29, 0.717) is 35.1 Å². The van der Waals surface area contributed by atoms with E-state index in [0.717, 1.165) is 15.8 Å². The summed E-state index contributed by atoms with van der Waals surface area (Å²) in [6.07, 6.45) is 2.52. The van der Waals surface area contributed by atoms with Crippen molar-refractivity contribution in [1.82, 2.24) is 30.7 Å². The number of nitrogens with zero attached hydrogens (tertiary/aromatic N) is 5. The molecular weight excluding hydrogens is 393 g/mol. The van der Waals surface area contributed by atoms with E-state index in [1.54, 1.807) is 24.5 Å². The van der Waals surface area contributed by atoms with Crippen LogP contribution in [0.4, 0.5) is 9.52 Å². The number of anilines is 1. The Bertz CT molecular complexity index is 1160. The van der Waals surface area contributed by atoms with Gasteiger partial charge in [-0.2, -0.15) is 10.1 Å². The molecule has 8 nitrogen and oxygen atoms in total. The van der Waals surface area contributed by atoms with Crippen LogP contribution in [0.3, 0.4) is 0 Å². The number of thiazole rings is 1. The molecule has 4 heterocycles. The minimum absolute atomic E-state index is 0.108. The third kappa shape index (κ3) is 3.19. The second-order valence-electron chi connectivity index (χ2n) is 6.99. The van der Waals surface area contributed by atoms with Crippen molar-refractivity contribution < 1.29 is 9.50 Å². The van der Waals surface area contributed by atoms with Crippen LogP contribution < -0.4 is 10.2 Å². The highest BCUT2D eigenvalue weighted by molar-refractivity contribution is 7.22. The van der Waals surface area contributed by atoms with Crippen molar-refractivity contribution in [3.63, 3.8) is 0 Å². The number of phenolic OH excluding ortho intramolecular Hbond substituents is 1. The van der Waals surface area contributed by atoms with E-state index in [4.69, 9.17) is 0 Å². The number of phenols is 1. The van der Waals surface area contributed by atoms with E-state index in [1.165, 1.54) is 11.3 Å². The monoisotopic (exact) mass is 411 g/mol. The van der Waals surface area contributed by atoms with E-state index < -0.39 is 6.17 Å². The molecule has 29 heavy (non-hydrogen) atoms. The molecule has 0 spiro atoms. The highest BCUT2D eigenvalue weighted by atomic mass is 32.1. The number of likely N-dealkylation sites (N-methyl/N-ethyl adjacent to an activating group) is 1. The zero-order valence-electron chi connectivity index (χ0n) is 15.5. The van der Waals surface area contributed by atoms with Gasteiger partial charge >= 0.3 is 0 Å². The fraction of sp³-hybridized carbons (Fsp3) is 0.263. The molecule has 0 aliphatic carbocycles. The SMILES string of the molecule is CN(c1nc2nnc(-c3ccc(-c4cn[nH]c4)cc3O)cc2s1)[C@@H]1CNC[C@@H]1F. The average molecular weight is 411 g/mol. The minimum Gasteiger partial charge on any atom is -0.507 e. The Labute approximate surface area is 169 Å². The number of benzene rings is 1. The first-order valence-corrected chi connectivity index (χ1v) is 9.96. The summed E-state index contributed by atoms with van der Waals surface area (Å²) in [5.41, 5.74) is 3.38. The Morgan fingerprint density at radius 1 is 1.21 bits per heavy atom. The molecule has 3 N–H and O–H groups in total. The minimum atomic E-state index is -0.931. The largest absolute Gasteiger partial charge is 0.507 e. The van der Waals surface area contributed by atoms with Gasteiger partial charge in [0.05, 0.1) is 22.6 Å². The standard InChI is InChI=1S/C19H18FN7OS/c1-27(15-9-21-8-13(15)20)19-24-18-17(29-19)5-14(25-26-18)12-3-2-10(4-16(12)28)11-6-22-23-7-11/h2-7,13,15,21,28H,8-9H2,1H3,(H,22,23)/t13-,15+/m0/s1. The molecular formula is C19H18FN7OS. The Morgan fingerprint density at radius 2 is 2.10 bits per heavy atom. The van der Waals surface area contributed by atoms with Crippen LogP contribution in [0.1, 0.15) is 0 Å². The third-order valence-corrected chi connectivity index (χ3v) is 6.24. The zero-order valence-corrected chi connectivity index (χ0v) is 16.3. The molecule has 5 rings (SSSR count). The van der Waals surface area contributed by atoms with Gasteiger partial charge in [-0.3, -0.25) is 5.10 Å². The molecule has 4 aromatic rings. The number of aromatic hydroxyl groups is 1. The third-order valence-electron chi connectivity index (χ3n) is 5.16. The number of nitrogens with one attached hydrogen (secondary N) is 2. The van der Waals surface area contributed by atoms with E-state index in [2.05, 4.69) is 30.7 Å². The lowest BCUT2D eigenvalue weighted by Gasteiger charge is -2.24. The van der Waals surface area contributed by atoms with Crippen LogP contribution in [-0.4, -0.2) is 62.8 Å². The fourth-order valence-corrected chi connectivity index (χ4v) is 4.46. The van der Waals surface area contributed by atoms with Crippen molar-refractivity contribution in [1.29, 1.82) is 0 Å². The molecule has 1 saturated heterocycles. The van der Waals surface area contributed by atoms with Crippen LogP contribution in [0.2, 0.25) is 0 Å². The van der Waals surface area contributed by atoms with Crippen molar-refractivity contribution in [3.8, 4) is 28.1 Å². The van der Waals surface area contributed by atoms with Crippen LogP contribution in [-0.2, 0) is 0 Å². The Balaban J connectivity index is 1.47. The Hall–Kier alpha value is -3.11. The topological polar surface area (TPSA) is 103 Å². The van der Waals surface area contributed by atoms with E-state index in [-0.39, 0.29) is 11.8 Å². The second-order valence-corrected chi connectivity index (χ2v) is 7.99. The maximum absolute atomic E-state index is 14.1. The van der Waals surface area contributed by atoms with Gasteiger partial charge in [-0.15, -0.1) is 10.2 Å². The normalized spacial score (nSPS) is 19.1. The molecule has 0 bridgehead atoms. The number of halogens is 1. The van der Waals surface area contributed by atoms with Gasteiger partial charge in [0.1, 0.15) is 11.9 Å². The Kier molecular flexibility index (Phi) is 4.36. The van der Waals surface area contributed by atoms with Gasteiger partial charge in [-0.25, -0.2) is 4.39 Å². The van der Waals surface area contributed by atoms with Crippen LogP contribution in [0, 0.1) is 0 Å². The number of fused-ring (bicyclic) bond motifs is 1. The zero-order chi connectivity index (χ0) is 20.0. The van der Waals surface area contributed by atoms with E-state index >= 15 is 0 Å². The van der Waals surface area contributed by atoms with Crippen molar-refractivity contribution in [2.45, 2.75) is 12.2 Å². The van der Waals surface area contributed by atoms with Crippen LogP contribution in [0.25, 0.3) is 32.7 Å². The first-order chi connectivity index (χ1) is 14.1. The smallest absolute Gasteiger partial charge is 0.194 e. The summed E-state index contributed by atoms with van der Waals surface area (Å²) in [5.74, 6) is 0.108. The summed E-state index contributed by atoms with van der Waals surface area (Å²) in [7, 11) is 1.84. The molecule has 0 saturated carbocycles. The van der Waals surface area contributed by atoms with Crippen molar-refractivity contribution in [2.75, 3.05) is 25.0 Å². The van der Waals surface area contributed by atoms with Gasteiger partial charge in [-0.05, 0) is 23.8 Å². The highest BCUT2D eigenvalue weighted by Crippen LogP contribution is 2.35. The molecule has 148 valence electrons. The van der Waals surface area contributed by atoms with Gasteiger partial charge in [0, 0.05) is 37.5 Å². The summed E-state index contributed by atoms with van der Waals surface area (Å²) in [4.78, 5) is 6.36. The van der Waals surface area contributed by atoms with Gasteiger partial charge in [0.15, 0.2) is 10.8 Å². The Morgan fingerprint density at radius 3 is 2.83 bits per heavy atom. The molecule has 1 aromatic carbocycles. The fourth-order valence-electron chi connectivity index (χ4n) is 3.51. The molecule has 10 heteroatoms. The van der Waals surface area contributed by atoms with E-state index in [9.17, 15) is 9.50 Å².